The van der Waals surface area contributed by atoms with Crippen molar-refractivity contribution in [1.82, 2.24) is 14.3 Å². The Morgan fingerprint density at radius 1 is 1.25 bits per heavy atom. The van der Waals surface area contributed by atoms with Crippen LogP contribution in [0.4, 0.5) is 5.95 Å². The Balaban J connectivity index is 2.03. The first-order valence-corrected chi connectivity index (χ1v) is 7.67. The van der Waals surface area contributed by atoms with Crippen molar-refractivity contribution in [2.45, 2.75) is 12.2 Å². The monoisotopic (exact) mass is 300 g/mol. The highest BCUT2D eigenvalue weighted by Crippen LogP contribution is 2.15. The normalized spacial score (nSPS) is 18.8. The number of piperazine rings is 1. The molecule has 2 rings (SSSR count). The van der Waals surface area contributed by atoms with E-state index in [1.54, 1.807) is 18.5 Å². The minimum atomic E-state index is -3.80. The summed E-state index contributed by atoms with van der Waals surface area (Å²) in [5, 5.41) is 7.41. The SMILES string of the molecule is CC(C(=O)O)S(=O)(=O)N1CCN(c2ncccn2)CC1. The predicted molar refractivity (Wildman–Crippen MR) is 71.8 cm³/mol. The van der Waals surface area contributed by atoms with Gasteiger partial charge in [-0.25, -0.2) is 18.4 Å². The number of aromatic nitrogens is 2. The number of carboxylic acid groups (broad SMARTS) is 1. The zero-order valence-electron chi connectivity index (χ0n) is 11.0. The summed E-state index contributed by atoms with van der Waals surface area (Å²) in [7, 11) is -3.80. The molecule has 2 heterocycles. The Morgan fingerprint density at radius 3 is 2.30 bits per heavy atom. The molecule has 1 fully saturated rings. The zero-order chi connectivity index (χ0) is 14.8. The van der Waals surface area contributed by atoms with Gasteiger partial charge in [-0.3, -0.25) is 4.79 Å². The maximum Gasteiger partial charge on any atom is 0.323 e. The maximum atomic E-state index is 12.1. The molecule has 0 spiro atoms. The lowest BCUT2D eigenvalue weighted by molar-refractivity contribution is -0.136. The Labute approximate surface area is 117 Å². The van der Waals surface area contributed by atoms with Crippen LogP contribution >= 0.6 is 0 Å². The van der Waals surface area contributed by atoms with Crippen molar-refractivity contribution in [1.29, 1.82) is 0 Å². The van der Waals surface area contributed by atoms with Gasteiger partial charge in [0.2, 0.25) is 16.0 Å². The largest absolute Gasteiger partial charge is 0.480 e. The Morgan fingerprint density at radius 2 is 1.80 bits per heavy atom. The molecule has 1 aliphatic heterocycles. The van der Waals surface area contributed by atoms with Crippen LogP contribution in [0.2, 0.25) is 0 Å². The van der Waals surface area contributed by atoms with Crippen LogP contribution in [-0.2, 0) is 14.8 Å². The van der Waals surface area contributed by atoms with E-state index in [0.29, 0.717) is 19.0 Å². The minimum Gasteiger partial charge on any atom is -0.480 e. The van der Waals surface area contributed by atoms with E-state index in [1.807, 2.05) is 4.90 Å². The van der Waals surface area contributed by atoms with Gasteiger partial charge >= 0.3 is 5.97 Å². The van der Waals surface area contributed by atoms with Crippen molar-refractivity contribution < 1.29 is 18.3 Å². The Hall–Kier alpha value is -1.74. The molecule has 1 unspecified atom stereocenters. The fourth-order valence-electron chi connectivity index (χ4n) is 1.95. The molecule has 0 amide bonds. The van der Waals surface area contributed by atoms with Crippen LogP contribution < -0.4 is 4.90 Å². The molecular weight excluding hydrogens is 284 g/mol. The van der Waals surface area contributed by atoms with Crippen LogP contribution in [0.25, 0.3) is 0 Å². The van der Waals surface area contributed by atoms with Crippen LogP contribution in [0.15, 0.2) is 18.5 Å². The summed E-state index contributed by atoms with van der Waals surface area (Å²) in [6.45, 7) is 2.53. The highest BCUT2D eigenvalue weighted by atomic mass is 32.2. The van der Waals surface area contributed by atoms with Crippen LogP contribution in [0, 0.1) is 0 Å². The molecule has 110 valence electrons. The molecule has 0 bridgehead atoms. The highest BCUT2D eigenvalue weighted by molar-refractivity contribution is 7.90. The summed E-state index contributed by atoms with van der Waals surface area (Å²) in [6, 6.07) is 1.71. The van der Waals surface area contributed by atoms with Gasteiger partial charge in [-0.2, -0.15) is 4.31 Å². The first kappa shape index (κ1) is 14.7. The molecule has 1 aromatic heterocycles. The average molecular weight is 300 g/mol. The molecular formula is C11H16N4O4S. The van der Waals surface area contributed by atoms with Gasteiger partial charge in [-0.05, 0) is 13.0 Å². The first-order valence-electron chi connectivity index (χ1n) is 6.16. The van der Waals surface area contributed by atoms with Crippen LogP contribution in [0.1, 0.15) is 6.92 Å². The van der Waals surface area contributed by atoms with E-state index >= 15 is 0 Å². The number of sulfonamides is 1. The van der Waals surface area contributed by atoms with Gasteiger partial charge in [0.1, 0.15) is 0 Å². The van der Waals surface area contributed by atoms with E-state index in [0.717, 1.165) is 0 Å². The quantitative estimate of drug-likeness (QED) is 0.792. The number of anilines is 1. The van der Waals surface area contributed by atoms with Gasteiger partial charge in [0.25, 0.3) is 0 Å². The topological polar surface area (TPSA) is 104 Å². The predicted octanol–water partition coefficient (Wildman–Crippen LogP) is -0.598. The van der Waals surface area contributed by atoms with Gasteiger partial charge in [-0.15, -0.1) is 0 Å². The number of carboxylic acids is 1. The molecule has 0 aromatic carbocycles. The van der Waals surface area contributed by atoms with E-state index in [9.17, 15) is 13.2 Å². The zero-order valence-corrected chi connectivity index (χ0v) is 11.8. The minimum absolute atomic E-state index is 0.234. The van der Waals surface area contributed by atoms with Crippen molar-refractivity contribution in [3.63, 3.8) is 0 Å². The summed E-state index contributed by atoms with van der Waals surface area (Å²) in [5.41, 5.74) is 0. The van der Waals surface area contributed by atoms with Crippen molar-refractivity contribution in [2.24, 2.45) is 0 Å². The number of nitrogens with zero attached hydrogens (tertiary/aromatic N) is 4. The van der Waals surface area contributed by atoms with Crippen LogP contribution in [0.5, 0.6) is 0 Å². The fraction of sp³-hybridized carbons (Fsp3) is 0.545. The fourth-order valence-corrected chi connectivity index (χ4v) is 3.32. The third-order valence-electron chi connectivity index (χ3n) is 3.23. The lowest BCUT2D eigenvalue weighted by atomic mass is 10.4. The highest BCUT2D eigenvalue weighted by Gasteiger charge is 2.35. The summed E-state index contributed by atoms with van der Waals surface area (Å²) < 4.78 is 25.3. The standard InChI is InChI=1S/C11H16N4O4S/c1-9(10(16)17)20(18,19)15-7-5-14(6-8-15)11-12-3-2-4-13-11/h2-4,9H,5-8H2,1H3,(H,16,17). The third-order valence-corrected chi connectivity index (χ3v) is 5.41. The van der Waals surface area contributed by atoms with Crippen molar-refractivity contribution in [2.75, 3.05) is 31.1 Å². The van der Waals surface area contributed by atoms with Gasteiger partial charge in [0, 0.05) is 38.6 Å². The number of carbonyl (C=O) groups is 1. The first-order chi connectivity index (χ1) is 9.43. The van der Waals surface area contributed by atoms with E-state index < -0.39 is 21.2 Å². The Kier molecular flexibility index (Phi) is 4.19. The van der Waals surface area contributed by atoms with E-state index in [2.05, 4.69) is 9.97 Å². The summed E-state index contributed by atoms with van der Waals surface area (Å²) >= 11 is 0. The summed E-state index contributed by atoms with van der Waals surface area (Å²) in [6.07, 6.45) is 3.25. The third kappa shape index (κ3) is 2.88. The second-order valence-electron chi connectivity index (χ2n) is 4.46. The van der Waals surface area contributed by atoms with Crippen molar-refractivity contribution in [3.8, 4) is 0 Å². The molecule has 0 saturated carbocycles. The molecule has 0 aliphatic carbocycles. The molecule has 1 N–H and O–H groups in total. The molecule has 20 heavy (non-hydrogen) atoms. The van der Waals surface area contributed by atoms with E-state index in [1.165, 1.54) is 11.2 Å². The second-order valence-corrected chi connectivity index (χ2v) is 6.71. The molecule has 1 aliphatic rings. The van der Waals surface area contributed by atoms with Gasteiger partial charge in [-0.1, -0.05) is 0 Å². The number of rotatable bonds is 4. The molecule has 1 saturated heterocycles. The lowest BCUT2D eigenvalue weighted by Crippen LogP contribution is -2.52. The lowest BCUT2D eigenvalue weighted by Gasteiger charge is -2.34. The second kappa shape index (κ2) is 5.71. The number of aliphatic carboxylic acids is 1. The number of hydrogen-bond donors (Lipinski definition) is 1. The van der Waals surface area contributed by atoms with E-state index in [4.69, 9.17) is 5.11 Å². The van der Waals surface area contributed by atoms with Crippen LogP contribution in [-0.4, -0.2) is 65.2 Å². The van der Waals surface area contributed by atoms with Crippen molar-refractivity contribution >= 4 is 21.9 Å². The molecule has 9 heteroatoms. The number of hydrogen-bond acceptors (Lipinski definition) is 6. The average Bonchev–Trinajstić information content (AvgIpc) is 2.47. The molecule has 0 radical (unpaired) electrons. The van der Waals surface area contributed by atoms with E-state index in [-0.39, 0.29) is 13.1 Å². The Bertz CT molecular complexity index is 569. The van der Waals surface area contributed by atoms with Gasteiger partial charge in [0.15, 0.2) is 5.25 Å². The smallest absolute Gasteiger partial charge is 0.323 e. The van der Waals surface area contributed by atoms with Gasteiger partial charge < -0.3 is 10.0 Å². The maximum absolute atomic E-state index is 12.1. The molecule has 1 aromatic rings. The van der Waals surface area contributed by atoms with Gasteiger partial charge in [0.05, 0.1) is 0 Å². The summed E-state index contributed by atoms with van der Waals surface area (Å²) in [5.74, 6) is -0.783. The van der Waals surface area contributed by atoms with Crippen LogP contribution in [0.3, 0.4) is 0 Å². The molecule has 1 atom stereocenters. The molecule has 8 nitrogen and oxygen atoms in total. The summed E-state index contributed by atoms with van der Waals surface area (Å²) in [4.78, 5) is 20.9. The van der Waals surface area contributed by atoms with Crippen molar-refractivity contribution in [3.05, 3.63) is 18.5 Å².